The van der Waals surface area contributed by atoms with Crippen LogP contribution in [0, 0.1) is 5.82 Å². The summed E-state index contributed by atoms with van der Waals surface area (Å²) in [5.41, 5.74) is 0.535. The van der Waals surface area contributed by atoms with Crippen molar-refractivity contribution in [3.63, 3.8) is 0 Å². The van der Waals surface area contributed by atoms with Crippen LogP contribution in [0.25, 0.3) is 6.08 Å². The minimum absolute atomic E-state index is 0.110. The molecule has 1 amide bonds. The second-order valence-electron chi connectivity index (χ2n) is 4.42. The molecule has 20 heavy (non-hydrogen) atoms. The lowest BCUT2D eigenvalue weighted by molar-refractivity contribution is -0.131. The molecule has 0 bridgehead atoms. The molecule has 0 aliphatic rings. The van der Waals surface area contributed by atoms with Gasteiger partial charge in [0.1, 0.15) is 5.82 Å². The van der Waals surface area contributed by atoms with Gasteiger partial charge in [0.15, 0.2) is 0 Å². The number of carbonyl (C=O) groups is 2. The van der Waals surface area contributed by atoms with Crippen molar-refractivity contribution in [1.29, 1.82) is 0 Å². The Morgan fingerprint density at radius 3 is 2.70 bits per heavy atom. The Labute approximate surface area is 117 Å². The van der Waals surface area contributed by atoms with Crippen LogP contribution in [0.2, 0.25) is 0 Å². The summed E-state index contributed by atoms with van der Waals surface area (Å²) in [4.78, 5) is 21.9. The number of carboxylic acids is 1. The number of amides is 1. The normalized spacial score (nSPS) is 10.7. The third-order valence-electron chi connectivity index (χ3n) is 2.69. The molecule has 1 rings (SSSR count). The van der Waals surface area contributed by atoms with Gasteiger partial charge in [0.2, 0.25) is 5.91 Å². The summed E-state index contributed by atoms with van der Waals surface area (Å²) in [6, 6.07) is 4.15. The maximum absolute atomic E-state index is 13.7. The number of carbonyl (C=O) groups excluding carboxylic acids is 1. The molecular formula is C15H18FNO3. The summed E-state index contributed by atoms with van der Waals surface area (Å²) in [6.45, 7) is 2.04. The van der Waals surface area contributed by atoms with E-state index in [9.17, 15) is 14.0 Å². The van der Waals surface area contributed by atoms with E-state index < -0.39 is 11.8 Å². The maximum Gasteiger partial charge on any atom is 0.328 e. The summed E-state index contributed by atoms with van der Waals surface area (Å²) in [6.07, 6.45) is 5.36. The first kappa shape index (κ1) is 15.9. The van der Waals surface area contributed by atoms with E-state index in [2.05, 4.69) is 5.32 Å². The zero-order valence-corrected chi connectivity index (χ0v) is 11.4. The van der Waals surface area contributed by atoms with Crippen LogP contribution in [0.3, 0.4) is 0 Å². The highest BCUT2D eigenvalue weighted by atomic mass is 19.1. The van der Waals surface area contributed by atoms with Gasteiger partial charge >= 0.3 is 5.97 Å². The Morgan fingerprint density at radius 1 is 1.35 bits per heavy atom. The fourth-order valence-corrected chi connectivity index (χ4v) is 1.65. The van der Waals surface area contributed by atoms with Crippen molar-refractivity contribution in [2.45, 2.75) is 32.6 Å². The number of hydrogen-bond donors (Lipinski definition) is 2. The molecule has 1 aromatic carbocycles. The van der Waals surface area contributed by atoms with Crippen LogP contribution < -0.4 is 5.32 Å². The lowest BCUT2D eigenvalue weighted by Gasteiger charge is -2.07. The van der Waals surface area contributed by atoms with Crippen LogP contribution in [0.5, 0.6) is 0 Å². The highest BCUT2D eigenvalue weighted by Gasteiger charge is 2.07. The number of unbranched alkanes of at least 4 members (excludes halogenated alkanes) is 2. The summed E-state index contributed by atoms with van der Waals surface area (Å²) in [5, 5.41) is 11.0. The Bertz CT molecular complexity index is 512. The van der Waals surface area contributed by atoms with Gasteiger partial charge in [-0.25, -0.2) is 9.18 Å². The molecule has 0 aliphatic carbocycles. The van der Waals surface area contributed by atoms with Crippen LogP contribution in [-0.2, 0) is 9.59 Å². The largest absolute Gasteiger partial charge is 0.478 e. The van der Waals surface area contributed by atoms with E-state index in [1.54, 1.807) is 6.07 Å². The van der Waals surface area contributed by atoms with Crippen LogP contribution in [-0.4, -0.2) is 17.0 Å². The summed E-state index contributed by atoms with van der Waals surface area (Å²) < 4.78 is 13.7. The van der Waals surface area contributed by atoms with E-state index >= 15 is 0 Å². The first-order valence-electron chi connectivity index (χ1n) is 6.53. The number of aliphatic carboxylic acids is 1. The van der Waals surface area contributed by atoms with Crippen molar-refractivity contribution >= 4 is 23.6 Å². The van der Waals surface area contributed by atoms with E-state index in [1.165, 1.54) is 18.2 Å². The zero-order valence-electron chi connectivity index (χ0n) is 11.4. The van der Waals surface area contributed by atoms with Crippen LogP contribution >= 0.6 is 0 Å². The third-order valence-corrected chi connectivity index (χ3v) is 2.69. The standard InChI is InChI=1S/C15H18FNO3/c1-2-3-4-5-14(18)17-13-8-6-11(10-12(13)16)7-9-15(19)20/h6-10H,2-5H2,1H3,(H,17,18)(H,19,20). The molecule has 0 saturated carbocycles. The lowest BCUT2D eigenvalue weighted by atomic mass is 10.1. The molecule has 0 atom stereocenters. The average Bonchev–Trinajstić information content (AvgIpc) is 2.39. The molecule has 1 aromatic rings. The molecule has 0 aromatic heterocycles. The smallest absolute Gasteiger partial charge is 0.328 e. The molecule has 108 valence electrons. The summed E-state index contributed by atoms with van der Waals surface area (Å²) in [7, 11) is 0. The average molecular weight is 279 g/mol. The molecular weight excluding hydrogens is 261 g/mol. The molecule has 0 radical (unpaired) electrons. The monoisotopic (exact) mass is 279 g/mol. The van der Waals surface area contributed by atoms with Crippen molar-refractivity contribution in [2.75, 3.05) is 5.32 Å². The van der Waals surface area contributed by atoms with Crippen molar-refractivity contribution in [3.05, 3.63) is 35.7 Å². The number of anilines is 1. The summed E-state index contributed by atoms with van der Waals surface area (Å²) in [5.74, 6) is -1.90. The zero-order chi connectivity index (χ0) is 15.0. The molecule has 2 N–H and O–H groups in total. The number of benzene rings is 1. The second kappa shape index (κ2) is 8.09. The van der Waals surface area contributed by atoms with Gasteiger partial charge < -0.3 is 10.4 Å². The topological polar surface area (TPSA) is 66.4 Å². The molecule has 0 aliphatic heterocycles. The quantitative estimate of drug-likeness (QED) is 0.593. The Morgan fingerprint density at radius 2 is 2.10 bits per heavy atom. The first-order valence-corrected chi connectivity index (χ1v) is 6.53. The maximum atomic E-state index is 13.7. The van der Waals surface area contributed by atoms with Crippen molar-refractivity contribution in [2.24, 2.45) is 0 Å². The van der Waals surface area contributed by atoms with Gasteiger partial charge in [-0.05, 0) is 30.2 Å². The minimum atomic E-state index is -1.10. The van der Waals surface area contributed by atoms with Gasteiger partial charge in [0, 0.05) is 12.5 Å². The lowest BCUT2D eigenvalue weighted by Crippen LogP contribution is -2.12. The second-order valence-corrected chi connectivity index (χ2v) is 4.42. The fourth-order valence-electron chi connectivity index (χ4n) is 1.65. The Kier molecular flexibility index (Phi) is 6.43. The van der Waals surface area contributed by atoms with E-state index in [0.29, 0.717) is 12.0 Å². The molecule has 0 saturated heterocycles. The highest BCUT2D eigenvalue weighted by Crippen LogP contribution is 2.17. The van der Waals surface area contributed by atoms with E-state index in [4.69, 9.17) is 5.11 Å². The molecule has 5 heteroatoms. The van der Waals surface area contributed by atoms with Gasteiger partial charge in [0.25, 0.3) is 0 Å². The predicted molar refractivity (Wildman–Crippen MR) is 75.8 cm³/mol. The Hall–Kier alpha value is -2.17. The molecule has 0 heterocycles. The molecule has 0 unspecified atom stereocenters. The van der Waals surface area contributed by atoms with Gasteiger partial charge in [-0.2, -0.15) is 0 Å². The van der Waals surface area contributed by atoms with Crippen molar-refractivity contribution in [3.8, 4) is 0 Å². The van der Waals surface area contributed by atoms with E-state index in [0.717, 1.165) is 25.3 Å². The SMILES string of the molecule is CCCCCC(=O)Nc1ccc(C=CC(=O)O)cc1F. The highest BCUT2D eigenvalue weighted by molar-refractivity contribution is 5.91. The number of halogens is 1. The third kappa shape index (κ3) is 5.65. The van der Waals surface area contributed by atoms with Crippen molar-refractivity contribution in [1.82, 2.24) is 0 Å². The predicted octanol–water partition coefficient (Wildman–Crippen LogP) is 3.44. The molecule has 0 spiro atoms. The van der Waals surface area contributed by atoms with Crippen LogP contribution in [0.1, 0.15) is 38.2 Å². The Balaban J connectivity index is 2.64. The number of carboxylic acid groups (broad SMARTS) is 1. The van der Waals surface area contributed by atoms with Gasteiger partial charge in [-0.3, -0.25) is 4.79 Å². The number of hydrogen-bond acceptors (Lipinski definition) is 2. The fraction of sp³-hybridized carbons (Fsp3) is 0.333. The molecule has 4 nitrogen and oxygen atoms in total. The summed E-state index contributed by atoms with van der Waals surface area (Å²) >= 11 is 0. The molecule has 0 fully saturated rings. The number of rotatable bonds is 7. The van der Waals surface area contributed by atoms with E-state index in [1.807, 2.05) is 6.92 Å². The van der Waals surface area contributed by atoms with Gasteiger partial charge in [0.05, 0.1) is 5.69 Å². The van der Waals surface area contributed by atoms with E-state index in [-0.39, 0.29) is 11.6 Å². The minimum Gasteiger partial charge on any atom is -0.478 e. The van der Waals surface area contributed by atoms with Crippen LogP contribution in [0.15, 0.2) is 24.3 Å². The number of nitrogens with one attached hydrogen (secondary N) is 1. The van der Waals surface area contributed by atoms with Crippen LogP contribution in [0.4, 0.5) is 10.1 Å². The first-order chi connectivity index (χ1) is 9.52. The van der Waals surface area contributed by atoms with Gasteiger partial charge in [-0.15, -0.1) is 0 Å². The van der Waals surface area contributed by atoms with Crippen molar-refractivity contribution < 1.29 is 19.1 Å². The van der Waals surface area contributed by atoms with Gasteiger partial charge in [-0.1, -0.05) is 25.8 Å².